The third-order valence-electron chi connectivity index (χ3n) is 5.83. The molecule has 1 N–H and O–H groups in total. The van der Waals surface area contributed by atoms with Crippen LogP contribution in [0.15, 0.2) is 48.0 Å². The molecule has 0 atom stereocenters. The molecule has 0 unspecified atom stereocenters. The maximum Gasteiger partial charge on any atom is 0.194 e. The largest absolute Gasteiger partial charge is 0.356 e. The van der Waals surface area contributed by atoms with Gasteiger partial charge in [0, 0.05) is 43.0 Å². The van der Waals surface area contributed by atoms with Crippen molar-refractivity contribution in [3.8, 4) is 0 Å². The quantitative estimate of drug-likeness (QED) is 0.397. The van der Waals surface area contributed by atoms with E-state index in [0.29, 0.717) is 12.0 Å². The molecule has 0 bridgehead atoms. The van der Waals surface area contributed by atoms with Crippen molar-refractivity contribution in [3.63, 3.8) is 0 Å². The zero-order chi connectivity index (χ0) is 18.8. The zero-order valence-electron chi connectivity index (χ0n) is 17.1. The van der Waals surface area contributed by atoms with E-state index >= 15 is 0 Å². The average molecular weight is 481 g/mol. The SMILES string of the molecule is CCNC(=NCc1ccc(Cn2ccnc2)cc1)N1CC(C)(C)C1(C)C.I. The summed E-state index contributed by atoms with van der Waals surface area (Å²) < 4.78 is 2.07. The Hall–Kier alpha value is -1.57. The van der Waals surface area contributed by atoms with Crippen molar-refractivity contribution < 1.29 is 0 Å². The lowest BCUT2D eigenvalue weighted by Gasteiger charge is -2.62. The first-order valence-corrected chi connectivity index (χ1v) is 9.43. The summed E-state index contributed by atoms with van der Waals surface area (Å²) in [5, 5.41) is 3.45. The highest BCUT2D eigenvalue weighted by Gasteiger charge is 2.53. The normalized spacial score (nSPS) is 17.8. The number of imidazole rings is 1. The van der Waals surface area contributed by atoms with Gasteiger partial charge in [0.1, 0.15) is 0 Å². The van der Waals surface area contributed by atoms with E-state index in [0.717, 1.165) is 25.6 Å². The van der Waals surface area contributed by atoms with Gasteiger partial charge in [-0.1, -0.05) is 38.1 Å². The Balaban J connectivity index is 0.00000261. The standard InChI is InChI=1S/C21H31N5.HI/c1-6-23-19(26-15-20(2,3)21(26,4)5)24-13-17-7-9-18(10-8-17)14-25-12-11-22-16-25;/h7-12,16H,6,13-15H2,1-5H3,(H,23,24);1H. The number of aromatic nitrogens is 2. The van der Waals surface area contributed by atoms with Crippen molar-refractivity contribution in [1.29, 1.82) is 0 Å². The lowest BCUT2D eigenvalue weighted by molar-refractivity contribution is -0.0667. The molecule has 1 fully saturated rings. The molecular weight excluding hydrogens is 449 g/mol. The minimum absolute atomic E-state index is 0. The van der Waals surface area contributed by atoms with Gasteiger partial charge in [-0.25, -0.2) is 9.98 Å². The summed E-state index contributed by atoms with van der Waals surface area (Å²) >= 11 is 0. The molecule has 1 aromatic heterocycles. The van der Waals surface area contributed by atoms with Crippen LogP contribution in [0.4, 0.5) is 0 Å². The molecule has 0 amide bonds. The van der Waals surface area contributed by atoms with Crippen LogP contribution in [0.3, 0.4) is 0 Å². The van der Waals surface area contributed by atoms with Crippen molar-refractivity contribution >= 4 is 29.9 Å². The van der Waals surface area contributed by atoms with Crippen LogP contribution < -0.4 is 5.32 Å². The number of benzene rings is 1. The van der Waals surface area contributed by atoms with Crippen LogP contribution in [0, 0.1) is 5.41 Å². The molecule has 5 nitrogen and oxygen atoms in total. The van der Waals surface area contributed by atoms with E-state index in [-0.39, 0.29) is 29.5 Å². The number of rotatable bonds is 5. The summed E-state index contributed by atoms with van der Waals surface area (Å²) in [7, 11) is 0. The van der Waals surface area contributed by atoms with E-state index < -0.39 is 0 Å². The van der Waals surface area contributed by atoms with Crippen molar-refractivity contribution in [3.05, 3.63) is 54.1 Å². The van der Waals surface area contributed by atoms with Crippen LogP contribution in [0.1, 0.15) is 45.7 Å². The molecule has 1 aliphatic rings. The molecule has 148 valence electrons. The number of nitrogens with zero attached hydrogens (tertiary/aromatic N) is 4. The van der Waals surface area contributed by atoms with Gasteiger partial charge < -0.3 is 14.8 Å². The molecule has 0 radical (unpaired) electrons. The van der Waals surface area contributed by atoms with Gasteiger partial charge in [0.25, 0.3) is 0 Å². The van der Waals surface area contributed by atoms with Crippen molar-refractivity contribution in [2.75, 3.05) is 13.1 Å². The Kier molecular flexibility index (Phi) is 6.94. The van der Waals surface area contributed by atoms with Gasteiger partial charge in [0.2, 0.25) is 0 Å². The second-order valence-electron chi connectivity index (χ2n) is 8.25. The fraction of sp³-hybridized carbons (Fsp3) is 0.524. The van der Waals surface area contributed by atoms with Crippen LogP contribution in [0.5, 0.6) is 0 Å². The van der Waals surface area contributed by atoms with E-state index in [4.69, 9.17) is 4.99 Å². The molecule has 1 aliphatic heterocycles. The Bertz CT molecular complexity index is 747. The number of hydrogen-bond acceptors (Lipinski definition) is 2. The second-order valence-corrected chi connectivity index (χ2v) is 8.25. The fourth-order valence-electron chi connectivity index (χ4n) is 3.30. The molecule has 1 saturated heterocycles. The maximum atomic E-state index is 4.89. The molecule has 27 heavy (non-hydrogen) atoms. The number of aliphatic imine (C=N–C) groups is 1. The van der Waals surface area contributed by atoms with E-state index in [9.17, 15) is 0 Å². The first-order chi connectivity index (χ1) is 12.3. The minimum atomic E-state index is 0. The summed E-state index contributed by atoms with van der Waals surface area (Å²) in [4.78, 5) is 11.4. The summed E-state index contributed by atoms with van der Waals surface area (Å²) in [5.74, 6) is 1.01. The van der Waals surface area contributed by atoms with Crippen LogP contribution in [0.2, 0.25) is 0 Å². The molecule has 3 rings (SSSR count). The molecular formula is C21H32IN5. The first-order valence-electron chi connectivity index (χ1n) is 9.43. The second kappa shape index (κ2) is 8.63. The van der Waals surface area contributed by atoms with Gasteiger partial charge in [-0.05, 0) is 31.9 Å². The highest BCUT2D eigenvalue weighted by atomic mass is 127. The fourth-order valence-corrected chi connectivity index (χ4v) is 3.30. The molecule has 0 aliphatic carbocycles. The number of hydrogen-bond donors (Lipinski definition) is 1. The van der Waals surface area contributed by atoms with E-state index in [1.807, 2.05) is 18.7 Å². The topological polar surface area (TPSA) is 45.5 Å². The maximum absolute atomic E-state index is 4.89. The Morgan fingerprint density at radius 2 is 1.81 bits per heavy atom. The van der Waals surface area contributed by atoms with Gasteiger partial charge in [0.15, 0.2) is 5.96 Å². The summed E-state index contributed by atoms with van der Waals surface area (Å²) in [5.41, 5.74) is 2.92. The number of likely N-dealkylation sites (tertiary alicyclic amines) is 1. The van der Waals surface area contributed by atoms with Gasteiger partial charge in [-0.3, -0.25) is 0 Å². The Morgan fingerprint density at radius 3 is 2.33 bits per heavy atom. The van der Waals surface area contributed by atoms with Crippen LogP contribution in [-0.2, 0) is 13.1 Å². The molecule has 2 heterocycles. The first kappa shape index (κ1) is 21.7. The predicted octanol–water partition coefficient (Wildman–Crippen LogP) is 4.14. The predicted molar refractivity (Wildman–Crippen MR) is 123 cm³/mol. The lowest BCUT2D eigenvalue weighted by atomic mass is 9.65. The van der Waals surface area contributed by atoms with Gasteiger partial charge in [-0.15, -0.1) is 24.0 Å². The Morgan fingerprint density at radius 1 is 1.15 bits per heavy atom. The van der Waals surface area contributed by atoms with Crippen molar-refractivity contribution in [1.82, 2.24) is 19.8 Å². The molecule has 0 saturated carbocycles. The third kappa shape index (κ3) is 4.65. The number of guanidine groups is 1. The molecule has 6 heteroatoms. The molecule has 0 spiro atoms. The summed E-state index contributed by atoms with van der Waals surface area (Å²) in [6, 6.07) is 8.69. The lowest BCUT2D eigenvalue weighted by Crippen LogP contribution is -2.72. The Labute approximate surface area is 180 Å². The highest BCUT2D eigenvalue weighted by molar-refractivity contribution is 14.0. The van der Waals surface area contributed by atoms with Crippen LogP contribution in [-0.4, -0.2) is 39.0 Å². The number of nitrogens with one attached hydrogen (secondary N) is 1. The van der Waals surface area contributed by atoms with Crippen LogP contribution in [0.25, 0.3) is 0 Å². The number of halogens is 1. The van der Waals surface area contributed by atoms with E-state index in [2.05, 4.69) is 78.7 Å². The summed E-state index contributed by atoms with van der Waals surface area (Å²) in [6.45, 7) is 14.8. The smallest absolute Gasteiger partial charge is 0.194 e. The van der Waals surface area contributed by atoms with E-state index in [1.165, 1.54) is 11.1 Å². The van der Waals surface area contributed by atoms with Crippen LogP contribution >= 0.6 is 24.0 Å². The van der Waals surface area contributed by atoms with Gasteiger partial charge in [-0.2, -0.15) is 0 Å². The van der Waals surface area contributed by atoms with Crippen molar-refractivity contribution in [2.45, 2.75) is 53.2 Å². The van der Waals surface area contributed by atoms with E-state index in [1.54, 1.807) is 0 Å². The van der Waals surface area contributed by atoms with Crippen molar-refractivity contribution in [2.24, 2.45) is 10.4 Å². The highest BCUT2D eigenvalue weighted by Crippen LogP contribution is 2.46. The third-order valence-corrected chi connectivity index (χ3v) is 5.83. The molecule has 2 aromatic rings. The minimum Gasteiger partial charge on any atom is -0.356 e. The van der Waals surface area contributed by atoms with Gasteiger partial charge >= 0.3 is 0 Å². The zero-order valence-corrected chi connectivity index (χ0v) is 19.4. The molecule has 1 aromatic carbocycles. The summed E-state index contributed by atoms with van der Waals surface area (Å²) in [6.07, 6.45) is 5.64. The van der Waals surface area contributed by atoms with Gasteiger partial charge in [0.05, 0.1) is 12.9 Å². The average Bonchev–Trinajstić information content (AvgIpc) is 3.11. The monoisotopic (exact) mass is 481 g/mol.